The maximum atomic E-state index is 13.4. The number of esters is 1. The first-order chi connectivity index (χ1) is 12.4. The van der Waals surface area contributed by atoms with Crippen LogP contribution in [0.2, 0.25) is 0 Å². The fraction of sp³-hybridized carbons (Fsp3) is 0.263. The highest BCUT2D eigenvalue weighted by atomic mass is 19.1. The molecule has 0 spiro atoms. The van der Waals surface area contributed by atoms with Gasteiger partial charge in [-0.3, -0.25) is 4.90 Å². The third-order valence-corrected chi connectivity index (χ3v) is 3.35. The lowest BCUT2D eigenvalue weighted by molar-refractivity contribution is -0.136. The number of benzene rings is 2. The lowest BCUT2D eigenvalue weighted by Crippen LogP contribution is -2.40. The van der Waals surface area contributed by atoms with Crippen molar-refractivity contribution in [1.29, 1.82) is 0 Å². The molecule has 2 aromatic carbocycles. The Balaban J connectivity index is 1.89. The highest BCUT2D eigenvalue weighted by Gasteiger charge is 2.13. The second-order valence-electron chi connectivity index (χ2n) is 5.85. The Labute approximate surface area is 151 Å². The summed E-state index contributed by atoms with van der Waals surface area (Å²) < 4.78 is 23.6. The fourth-order valence-corrected chi connectivity index (χ4v) is 2.06. The van der Waals surface area contributed by atoms with Gasteiger partial charge in [-0.25, -0.2) is 14.0 Å². The largest absolute Gasteiger partial charge is 0.479 e. The Morgan fingerprint density at radius 3 is 2.38 bits per heavy atom. The molecule has 1 N–H and O–H groups in total. The van der Waals surface area contributed by atoms with Crippen LogP contribution in [0, 0.1) is 5.82 Å². The van der Waals surface area contributed by atoms with Crippen LogP contribution < -0.4 is 19.7 Å². The van der Waals surface area contributed by atoms with Crippen molar-refractivity contribution < 1.29 is 23.5 Å². The van der Waals surface area contributed by atoms with Crippen LogP contribution >= 0.6 is 0 Å². The third-order valence-electron chi connectivity index (χ3n) is 3.35. The molecule has 0 atom stereocenters. The molecule has 0 saturated carbocycles. The van der Waals surface area contributed by atoms with E-state index in [1.54, 1.807) is 37.4 Å². The topological polar surface area (TPSA) is 67.9 Å². The van der Waals surface area contributed by atoms with E-state index in [1.807, 2.05) is 13.8 Å². The summed E-state index contributed by atoms with van der Waals surface area (Å²) >= 11 is 0. The molecule has 2 rings (SSSR count). The van der Waals surface area contributed by atoms with Crippen LogP contribution in [0.3, 0.4) is 0 Å². The van der Waals surface area contributed by atoms with E-state index in [0.29, 0.717) is 11.4 Å². The molecule has 0 aliphatic rings. The van der Waals surface area contributed by atoms with Gasteiger partial charge in [-0.15, -0.1) is 0 Å². The van der Waals surface area contributed by atoms with E-state index < -0.39 is 18.4 Å². The summed E-state index contributed by atoms with van der Waals surface area (Å²) in [4.78, 5) is 25.2. The van der Waals surface area contributed by atoms with Crippen molar-refractivity contribution in [3.63, 3.8) is 0 Å². The van der Waals surface area contributed by atoms with Gasteiger partial charge in [0, 0.05) is 18.8 Å². The van der Waals surface area contributed by atoms with E-state index >= 15 is 0 Å². The SMILES string of the molecule is CC(C)NC(=O)N(C)c1ccc(OC(=O)COc2ccccc2F)cc1. The first-order valence-electron chi connectivity index (χ1n) is 8.09. The third kappa shape index (κ3) is 5.47. The van der Waals surface area contributed by atoms with Crippen molar-refractivity contribution in [2.24, 2.45) is 0 Å². The molecule has 0 saturated heterocycles. The average molecular weight is 360 g/mol. The summed E-state index contributed by atoms with van der Waals surface area (Å²) in [6.45, 7) is 3.33. The quantitative estimate of drug-likeness (QED) is 0.634. The van der Waals surface area contributed by atoms with Crippen LogP contribution in [-0.4, -0.2) is 31.7 Å². The van der Waals surface area contributed by atoms with Crippen LogP contribution in [0.1, 0.15) is 13.8 Å². The van der Waals surface area contributed by atoms with E-state index in [2.05, 4.69) is 5.32 Å². The number of nitrogens with one attached hydrogen (secondary N) is 1. The fourth-order valence-electron chi connectivity index (χ4n) is 2.06. The monoisotopic (exact) mass is 360 g/mol. The number of carbonyl (C=O) groups is 2. The van der Waals surface area contributed by atoms with E-state index in [9.17, 15) is 14.0 Å². The van der Waals surface area contributed by atoms with Crippen LogP contribution in [-0.2, 0) is 4.79 Å². The van der Waals surface area contributed by atoms with Crippen molar-refractivity contribution >= 4 is 17.7 Å². The predicted octanol–water partition coefficient (Wildman–Crippen LogP) is 3.36. The van der Waals surface area contributed by atoms with Gasteiger partial charge in [0.05, 0.1) is 0 Å². The Hall–Kier alpha value is -3.09. The van der Waals surface area contributed by atoms with E-state index in [-0.39, 0.29) is 17.8 Å². The molecular weight excluding hydrogens is 339 g/mol. The van der Waals surface area contributed by atoms with Gasteiger partial charge in [-0.05, 0) is 50.2 Å². The van der Waals surface area contributed by atoms with Crippen molar-refractivity contribution in [1.82, 2.24) is 5.32 Å². The number of carbonyl (C=O) groups excluding carboxylic acids is 2. The first-order valence-corrected chi connectivity index (χ1v) is 8.09. The maximum Gasteiger partial charge on any atom is 0.349 e. The molecule has 26 heavy (non-hydrogen) atoms. The van der Waals surface area contributed by atoms with Gasteiger partial charge in [-0.2, -0.15) is 0 Å². The van der Waals surface area contributed by atoms with Crippen LogP contribution in [0.5, 0.6) is 11.5 Å². The minimum absolute atomic E-state index is 0.0161. The smallest absolute Gasteiger partial charge is 0.349 e. The van der Waals surface area contributed by atoms with Crippen LogP contribution in [0.25, 0.3) is 0 Å². The number of rotatable bonds is 6. The molecule has 0 radical (unpaired) electrons. The number of hydrogen-bond donors (Lipinski definition) is 1. The van der Waals surface area contributed by atoms with E-state index in [4.69, 9.17) is 9.47 Å². The highest BCUT2D eigenvalue weighted by Crippen LogP contribution is 2.19. The van der Waals surface area contributed by atoms with E-state index in [0.717, 1.165) is 0 Å². The Bertz CT molecular complexity index is 762. The van der Waals surface area contributed by atoms with Gasteiger partial charge in [0.15, 0.2) is 18.2 Å². The zero-order chi connectivity index (χ0) is 19.1. The molecule has 6 nitrogen and oxygen atoms in total. The summed E-state index contributed by atoms with van der Waals surface area (Å²) in [6.07, 6.45) is 0. The molecule has 0 aliphatic carbocycles. The molecule has 0 fully saturated rings. The molecule has 2 aromatic rings. The molecule has 138 valence electrons. The minimum atomic E-state index is -0.660. The van der Waals surface area contributed by atoms with Crippen LogP contribution in [0.4, 0.5) is 14.9 Å². The number of anilines is 1. The van der Waals surface area contributed by atoms with Crippen molar-refractivity contribution in [2.45, 2.75) is 19.9 Å². The molecule has 7 heteroatoms. The van der Waals surface area contributed by atoms with Gasteiger partial charge in [-0.1, -0.05) is 12.1 Å². The number of nitrogens with zero attached hydrogens (tertiary/aromatic N) is 1. The van der Waals surface area contributed by atoms with Crippen molar-refractivity contribution in [2.75, 3.05) is 18.6 Å². The summed E-state index contributed by atoms with van der Waals surface area (Å²) in [6, 6.07) is 12.0. The summed E-state index contributed by atoms with van der Waals surface area (Å²) in [5.74, 6) is -0.926. The summed E-state index contributed by atoms with van der Waals surface area (Å²) in [5.41, 5.74) is 0.644. The van der Waals surface area contributed by atoms with Gasteiger partial charge in [0.2, 0.25) is 0 Å². The second-order valence-corrected chi connectivity index (χ2v) is 5.85. The molecule has 2 amide bonds. The first kappa shape index (κ1) is 19.2. The normalized spacial score (nSPS) is 10.3. The molecule has 0 aromatic heterocycles. The number of hydrogen-bond acceptors (Lipinski definition) is 4. The molecule has 0 heterocycles. The second kappa shape index (κ2) is 8.84. The number of urea groups is 1. The number of para-hydroxylation sites is 1. The summed E-state index contributed by atoms with van der Waals surface area (Å²) in [7, 11) is 1.64. The predicted molar refractivity (Wildman–Crippen MR) is 96.0 cm³/mol. The highest BCUT2D eigenvalue weighted by molar-refractivity contribution is 5.91. The van der Waals surface area contributed by atoms with Gasteiger partial charge < -0.3 is 14.8 Å². The van der Waals surface area contributed by atoms with Gasteiger partial charge in [0.1, 0.15) is 5.75 Å². The lowest BCUT2D eigenvalue weighted by atomic mass is 10.3. The number of amides is 2. The number of halogens is 1. The maximum absolute atomic E-state index is 13.4. The Kier molecular flexibility index (Phi) is 6.54. The van der Waals surface area contributed by atoms with Crippen molar-refractivity contribution in [3.05, 3.63) is 54.3 Å². The van der Waals surface area contributed by atoms with Gasteiger partial charge >= 0.3 is 12.0 Å². The summed E-state index contributed by atoms with van der Waals surface area (Å²) in [5, 5.41) is 2.78. The number of ether oxygens (including phenoxy) is 2. The minimum Gasteiger partial charge on any atom is -0.479 e. The zero-order valence-corrected chi connectivity index (χ0v) is 14.9. The van der Waals surface area contributed by atoms with Crippen LogP contribution in [0.15, 0.2) is 48.5 Å². The molecular formula is C19H21FN2O4. The van der Waals surface area contributed by atoms with Gasteiger partial charge in [0.25, 0.3) is 0 Å². The standard InChI is InChI=1S/C19H21FN2O4/c1-13(2)21-19(24)22(3)14-8-10-15(11-9-14)26-18(23)12-25-17-7-5-4-6-16(17)20/h4-11,13H,12H2,1-3H3,(H,21,24). The van der Waals surface area contributed by atoms with Crippen molar-refractivity contribution in [3.8, 4) is 11.5 Å². The lowest BCUT2D eigenvalue weighted by Gasteiger charge is -2.20. The molecule has 0 aliphatic heterocycles. The molecule has 0 bridgehead atoms. The molecule has 0 unspecified atom stereocenters. The zero-order valence-electron chi connectivity index (χ0n) is 14.9. The Morgan fingerprint density at radius 1 is 1.12 bits per heavy atom. The van der Waals surface area contributed by atoms with E-state index in [1.165, 1.54) is 23.1 Å². The average Bonchev–Trinajstić information content (AvgIpc) is 2.60. The Morgan fingerprint density at radius 2 is 1.77 bits per heavy atom.